The molecule has 0 spiro atoms. The molecular weight excluding hydrogens is 540 g/mol. The van der Waals surface area contributed by atoms with Crippen LogP contribution in [0.5, 0.6) is 11.5 Å². The summed E-state index contributed by atoms with van der Waals surface area (Å²) in [5.41, 5.74) is 14.3. The molecule has 1 aromatic heterocycles. The zero-order chi connectivity index (χ0) is 29.4. The molecule has 4 rings (SSSR count). The van der Waals surface area contributed by atoms with Crippen molar-refractivity contribution < 1.29 is 18.8 Å². The number of hydrogen-bond donors (Lipinski definition) is 3. The van der Waals surface area contributed by atoms with Gasteiger partial charge in [0, 0.05) is 19.3 Å². The number of hydrogen-bond acceptors (Lipinski definition) is 7. The molecule has 1 heterocycles. The smallest absolute Gasteiger partial charge is 0.274 e. The maximum Gasteiger partial charge on any atom is 0.274 e. The fourth-order valence-corrected chi connectivity index (χ4v) is 6.14. The Bertz CT molecular complexity index is 1250. The van der Waals surface area contributed by atoms with E-state index in [0.29, 0.717) is 0 Å². The standard InChI is InChI=1S/C31H41ClN6O3/c1-38(19-5-7-21-11-15-23(40-2)16-12-21,20-6-8-22-13-17-24(41-3)18-14-22)26-10-4-9-25(26)35-31(39)27-29(33)37-30(34)28(32)36-27/h11-18,25-26H,4-10,19-20H2,1-3H3,(H4-,33,34,35,37,39)/p+1/t25-,26+/m0/s1. The van der Waals surface area contributed by atoms with E-state index in [2.05, 4.69) is 46.6 Å². The highest BCUT2D eigenvalue weighted by molar-refractivity contribution is 6.31. The molecule has 2 aromatic carbocycles. The molecule has 5 N–H and O–H groups in total. The Balaban J connectivity index is 1.47. The molecule has 0 saturated heterocycles. The summed E-state index contributed by atoms with van der Waals surface area (Å²) in [5.74, 6) is 1.36. The fraction of sp³-hybridized carbons (Fsp3) is 0.452. The number of carbonyl (C=O) groups is 1. The first-order valence-electron chi connectivity index (χ1n) is 14.2. The molecule has 10 heteroatoms. The molecule has 1 amide bonds. The lowest BCUT2D eigenvalue weighted by molar-refractivity contribution is -0.934. The zero-order valence-electron chi connectivity index (χ0n) is 24.2. The number of quaternary nitrogens is 1. The Kier molecular flexibility index (Phi) is 10.3. The minimum absolute atomic E-state index is 0.00741. The highest BCUT2D eigenvalue weighted by atomic mass is 35.5. The molecular formula is C31H42ClN6O3+. The number of aryl methyl sites for hydroxylation is 2. The van der Waals surface area contributed by atoms with Gasteiger partial charge in [0.15, 0.2) is 22.5 Å². The average Bonchev–Trinajstić information content (AvgIpc) is 3.44. The van der Waals surface area contributed by atoms with E-state index < -0.39 is 0 Å². The average molecular weight is 582 g/mol. The van der Waals surface area contributed by atoms with Crippen LogP contribution in [-0.2, 0) is 12.8 Å². The predicted octanol–water partition coefficient (Wildman–Crippen LogP) is 4.67. The number of anilines is 2. The number of amides is 1. The Morgan fingerprint density at radius 2 is 1.44 bits per heavy atom. The molecule has 0 radical (unpaired) electrons. The van der Waals surface area contributed by atoms with E-state index >= 15 is 0 Å². The lowest BCUT2D eigenvalue weighted by Gasteiger charge is -2.43. The maximum absolute atomic E-state index is 13.2. The number of methoxy groups -OCH3 is 2. The Hall–Kier alpha value is -3.56. The number of likely N-dealkylation sites (N-methyl/N-ethyl adjacent to an activating group) is 1. The van der Waals surface area contributed by atoms with Crippen LogP contribution in [0.3, 0.4) is 0 Å². The minimum Gasteiger partial charge on any atom is -0.497 e. The second-order valence-electron chi connectivity index (χ2n) is 11.0. The van der Waals surface area contributed by atoms with Crippen LogP contribution in [0.1, 0.15) is 53.7 Å². The van der Waals surface area contributed by atoms with Crippen molar-refractivity contribution in [3.8, 4) is 11.5 Å². The van der Waals surface area contributed by atoms with E-state index in [1.165, 1.54) is 11.1 Å². The van der Waals surface area contributed by atoms with Gasteiger partial charge in [-0.3, -0.25) is 4.79 Å². The number of nitrogen functional groups attached to an aromatic ring is 2. The minimum atomic E-state index is -0.364. The number of halogens is 1. The third kappa shape index (κ3) is 7.80. The van der Waals surface area contributed by atoms with Crippen LogP contribution in [0, 0.1) is 0 Å². The molecule has 1 fully saturated rings. The first-order valence-corrected chi connectivity index (χ1v) is 14.6. The third-order valence-electron chi connectivity index (χ3n) is 8.30. The molecule has 220 valence electrons. The van der Waals surface area contributed by atoms with Crippen molar-refractivity contribution >= 4 is 29.1 Å². The molecule has 3 aromatic rings. The number of carbonyl (C=O) groups excluding carboxylic acids is 1. The van der Waals surface area contributed by atoms with Crippen LogP contribution < -0.4 is 26.3 Å². The van der Waals surface area contributed by atoms with Crippen molar-refractivity contribution in [2.75, 3.05) is 45.8 Å². The SMILES string of the molecule is COc1ccc(CCC[N+](C)(CCCc2ccc(OC)cc2)[C@@H]2CCC[C@@H]2NC(=O)c2nc(Cl)c(N)nc2N)cc1. The van der Waals surface area contributed by atoms with Crippen LogP contribution in [0.15, 0.2) is 48.5 Å². The monoisotopic (exact) mass is 581 g/mol. The van der Waals surface area contributed by atoms with Gasteiger partial charge in [-0.05, 0) is 61.1 Å². The zero-order valence-corrected chi connectivity index (χ0v) is 25.0. The van der Waals surface area contributed by atoms with Gasteiger partial charge in [-0.15, -0.1) is 0 Å². The maximum atomic E-state index is 13.2. The number of nitrogens with two attached hydrogens (primary N) is 2. The van der Waals surface area contributed by atoms with E-state index in [1.54, 1.807) is 14.2 Å². The van der Waals surface area contributed by atoms with Gasteiger partial charge in [-0.2, -0.15) is 0 Å². The molecule has 9 nitrogen and oxygen atoms in total. The summed E-state index contributed by atoms with van der Waals surface area (Å²) < 4.78 is 11.5. The van der Waals surface area contributed by atoms with Crippen LogP contribution in [0.2, 0.25) is 5.15 Å². The van der Waals surface area contributed by atoms with Crippen molar-refractivity contribution in [2.24, 2.45) is 0 Å². The quantitative estimate of drug-likeness (QED) is 0.250. The van der Waals surface area contributed by atoms with Crippen LogP contribution >= 0.6 is 11.6 Å². The summed E-state index contributed by atoms with van der Waals surface area (Å²) in [7, 11) is 5.71. The lowest BCUT2D eigenvalue weighted by atomic mass is 10.0. The normalized spacial score (nSPS) is 16.9. The van der Waals surface area contributed by atoms with Crippen molar-refractivity contribution in [1.82, 2.24) is 15.3 Å². The van der Waals surface area contributed by atoms with E-state index in [9.17, 15) is 4.79 Å². The molecule has 2 atom stereocenters. The number of nitrogens with zero attached hydrogens (tertiary/aromatic N) is 3. The topological polar surface area (TPSA) is 125 Å². The molecule has 0 bridgehead atoms. The number of benzene rings is 2. The molecule has 41 heavy (non-hydrogen) atoms. The third-order valence-corrected chi connectivity index (χ3v) is 8.58. The Morgan fingerprint density at radius 3 is 1.95 bits per heavy atom. The highest BCUT2D eigenvalue weighted by Gasteiger charge is 2.42. The number of nitrogens with one attached hydrogen (secondary N) is 1. The van der Waals surface area contributed by atoms with Crippen molar-refractivity contribution in [3.63, 3.8) is 0 Å². The molecule has 1 aliphatic rings. The van der Waals surface area contributed by atoms with Gasteiger partial charge < -0.3 is 30.7 Å². The highest BCUT2D eigenvalue weighted by Crippen LogP contribution is 2.31. The van der Waals surface area contributed by atoms with Gasteiger partial charge in [0.25, 0.3) is 5.91 Å². The predicted molar refractivity (Wildman–Crippen MR) is 163 cm³/mol. The Labute approximate surface area is 247 Å². The van der Waals surface area contributed by atoms with Crippen LogP contribution in [0.25, 0.3) is 0 Å². The van der Waals surface area contributed by atoms with Crippen molar-refractivity contribution in [2.45, 2.75) is 57.0 Å². The first kappa shape index (κ1) is 30.4. The summed E-state index contributed by atoms with van der Waals surface area (Å²) in [6.07, 6.45) is 7.02. The van der Waals surface area contributed by atoms with Crippen LogP contribution in [0.4, 0.5) is 11.6 Å². The molecule has 0 aliphatic heterocycles. The summed E-state index contributed by atoms with van der Waals surface area (Å²) in [6.45, 7) is 2.00. The largest absolute Gasteiger partial charge is 0.497 e. The van der Waals surface area contributed by atoms with Gasteiger partial charge in [0.1, 0.15) is 17.5 Å². The number of rotatable bonds is 13. The van der Waals surface area contributed by atoms with E-state index in [0.717, 1.165) is 74.0 Å². The van der Waals surface area contributed by atoms with E-state index in [4.69, 9.17) is 32.5 Å². The lowest BCUT2D eigenvalue weighted by Crippen LogP contribution is -2.60. The van der Waals surface area contributed by atoms with Gasteiger partial charge in [-0.25, -0.2) is 9.97 Å². The number of aromatic nitrogens is 2. The second kappa shape index (κ2) is 13.9. The summed E-state index contributed by atoms with van der Waals surface area (Å²) >= 11 is 6.05. The fourth-order valence-electron chi connectivity index (χ4n) is 6.02. The van der Waals surface area contributed by atoms with Crippen LogP contribution in [-0.4, -0.2) is 66.8 Å². The van der Waals surface area contributed by atoms with Crippen molar-refractivity contribution in [1.29, 1.82) is 0 Å². The van der Waals surface area contributed by atoms with Gasteiger partial charge >= 0.3 is 0 Å². The van der Waals surface area contributed by atoms with Gasteiger partial charge in [-0.1, -0.05) is 35.9 Å². The summed E-state index contributed by atoms with van der Waals surface area (Å²) in [4.78, 5) is 21.3. The van der Waals surface area contributed by atoms with E-state index in [-0.39, 0.29) is 40.5 Å². The van der Waals surface area contributed by atoms with E-state index in [1.807, 2.05) is 24.3 Å². The molecule has 0 unspecified atom stereocenters. The first-order chi connectivity index (χ1) is 19.7. The van der Waals surface area contributed by atoms with Gasteiger partial charge in [0.2, 0.25) is 0 Å². The summed E-state index contributed by atoms with van der Waals surface area (Å²) in [5, 5.41) is 3.19. The van der Waals surface area contributed by atoms with Crippen molar-refractivity contribution in [3.05, 3.63) is 70.5 Å². The Morgan fingerprint density at radius 1 is 0.902 bits per heavy atom. The molecule has 1 saturated carbocycles. The summed E-state index contributed by atoms with van der Waals surface area (Å²) in [6, 6.07) is 16.8. The molecule has 1 aliphatic carbocycles. The second-order valence-corrected chi connectivity index (χ2v) is 11.4. The van der Waals surface area contributed by atoms with Gasteiger partial charge in [0.05, 0.1) is 40.4 Å². The number of ether oxygens (including phenoxy) is 2.